The van der Waals surface area contributed by atoms with Crippen LogP contribution in [0.3, 0.4) is 0 Å². The molecule has 4 heterocycles. The summed E-state index contributed by atoms with van der Waals surface area (Å²) in [6.45, 7) is 3.85. The van der Waals surface area contributed by atoms with E-state index >= 15 is 0 Å². The Hall–Kier alpha value is -2.05. The zero-order chi connectivity index (χ0) is 17.1. The summed E-state index contributed by atoms with van der Waals surface area (Å²) in [5, 5.41) is 2.96. The highest BCUT2D eigenvalue weighted by Gasteiger charge is 2.38. The summed E-state index contributed by atoms with van der Waals surface area (Å²) in [7, 11) is 0. The number of nitrogens with zero attached hydrogens (tertiary/aromatic N) is 1. The van der Waals surface area contributed by atoms with Crippen LogP contribution in [-0.2, 0) is 22.6 Å². The predicted octanol–water partition coefficient (Wildman–Crippen LogP) is 2.42. The van der Waals surface area contributed by atoms with E-state index in [1.54, 1.807) is 18.8 Å². The van der Waals surface area contributed by atoms with Crippen molar-refractivity contribution in [1.29, 1.82) is 0 Å². The van der Waals surface area contributed by atoms with Gasteiger partial charge >= 0.3 is 0 Å². The first kappa shape index (κ1) is 16.4. The van der Waals surface area contributed by atoms with E-state index in [9.17, 15) is 4.79 Å². The van der Waals surface area contributed by atoms with Crippen molar-refractivity contribution in [2.45, 2.75) is 32.0 Å². The van der Waals surface area contributed by atoms with Gasteiger partial charge in [-0.1, -0.05) is 0 Å². The normalized spacial score (nSPS) is 27.0. The number of piperidine rings is 1. The molecule has 2 fully saturated rings. The molecule has 3 atom stereocenters. The van der Waals surface area contributed by atoms with E-state index < -0.39 is 0 Å². The van der Waals surface area contributed by atoms with Crippen LogP contribution in [0, 0.1) is 11.8 Å². The molecule has 134 valence electrons. The Morgan fingerprint density at radius 3 is 3.08 bits per heavy atom. The molecule has 2 saturated heterocycles. The molecule has 0 radical (unpaired) electrons. The zero-order valence-corrected chi connectivity index (χ0v) is 14.2. The lowest BCUT2D eigenvalue weighted by molar-refractivity contribution is -0.139. The summed E-state index contributed by atoms with van der Waals surface area (Å²) in [5.74, 6) is 1.16. The number of hydrogen-bond donors (Lipinski definition) is 1. The van der Waals surface area contributed by atoms with Crippen LogP contribution in [-0.4, -0.2) is 36.6 Å². The number of nitrogens with one attached hydrogen (secondary N) is 1. The van der Waals surface area contributed by atoms with E-state index in [2.05, 4.69) is 10.2 Å². The van der Waals surface area contributed by atoms with Crippen LogP contribution in [0.5, 0.6) is 0 Å². The van der Waals surface area contributed by atoms with E-state index in [1.165, 1.54) is 5.56 Å². The van der Waals surface area contributed by atoms with Gasteiger partial charge in [-0.3, -0.25) is 9.69 Å². The Morgan fingerprint density at radius 1 is 1.32 bits per heavy atom. The van der Waals surface area contributed by atoms with Crippen LogP contribution in [0.1, 0.15) is 24.2 Å². The van der Waals surface area contributed by atoms with Crippen molar-refractivity contribution in [2.24, 2.45) is 11.8 Å². The zero-order valence-electron chi connectivity index (χ0n) is 14.2. The molecule has 0 aliphatic carbocycles. The van der Waals surface area contributed by atoms with Crippen molar-refractivity contribution in [3.63, 3.8) is 0 Å². The maximum absolute atomic E-state index is 12.4. The van der Waals surface area contributed by atoms with Crippen LogP contribution in [0.2, 0.25) is 0 Å². The van der Waals surface area contributed by atoms with E-state index in [1.807, 2.05) is 18.2 Å². The molecule has 6 heteroatoms. The van der Waals surface area contributed by atoms with Crippen molar-refractivity contribution in [2.75, 3.05) is 19.7 Å². The van der Waals surface area contributed by atoms with Gasteiger partial charge in [0.15, 0.2) is 0 Å². The number of amides is 1. The number of likely N-dealkylation sites (tertiary alicyclic amines) is 1. The first-order chi connectivity index (χ1) is 12.3. The average molecular weight is 344 g/mol. The molecule has 0 bridgehead atoms. The summed E-state index contributed by atoms with van der Waals surface area (Å²) in [6.07, 6.45) is 7.33. The van der Waals surface area contributed by atoms with E-state index in [4.69, 9.17) is 13.6 Å². The van der Waals surface area contributed by atoms with E-state index in [0.717, 1.165) is 38.2 Å². The fraction of sp³-hybridized carbons (Fsp3) is 0.526. The SMILES string of the molecule is O=C(NCc1ccco1)[C@@H]1CO[C@@H]2CCN(Cc3ccoc3)C[C@@H]2C1. The Bertz CT molecular complexity index is 668. The lowest BCUT2D eigenvalue weighted by Crippen LogP contribution is -2.50. The maximum Gasteiger partial charge on any atom is 0.225 e. The van der Waals surface area contributed by atoms with E-state index in [0.29, 0.717) is 19.1 Å². The fourth-order valence-corrected chi connectivity index (χ4v) is 3.90. The topological polar surface area (TPSA) is 67.8 Å². The third-order valence-corrected chi connectivity index (χ3v) is 5.22. The molecule has 25 heavy (non-hydrogen) atoms. The minimum atomic E-state index is -0.0786. The molecule has 2 aromatic rings. The summed E-state index contributed by atoms with van der Waals surface area (Å²) in [4.78, 5) is 14.9. The molecule has 2 aliphatic rings. The quantitative estimate of drug-likeness (QED) is 0.902. The first-order valence-electron chi connectivity index (χ1n) is 8.93. The molecule has 0 saturated carbocycles. The highest BCUT2D eigenvalue weighted by atomic mass is 16.5. The number of ether oxygens (including phenoxy) is 1. The second-order valence-electron chi connectivity index (χ2n) is 7.02. The van der Waals surface area contributed by atoms with Crippen LogP contribution < -0.4 is 5.32 Å². The van der Waals surface area contributed by atoms with Gasteiger partial charge in [0.1, 0.15) is 5.76 Å². The number of fused-ring (bicyclic) bond motifs is 1. The van der Waals surface area contributed by atoms with Crippen molar-refractivity contribution in [3.05, 3.63) is 48.3 Å². The van der Waals surface area contributed by atoms with Gasteiger partial charge in [-0.15, -0.1) is 0 Å². The van der Waals surface area contributed by atoms with Crippen molar-refractivity contribution >= 4 is 5.91 Å². The predicted molar refractivity (Wildman–Crippen MR) is 90.5 cm³/mol. The van der Waals surface area contributed by atoms with E-state index in [-0.39, 0.29) is 17.9 Å². The molecule has 1 amide bonds. The van der Waals surface area contributed by atoms with Gasteiger partial charge in [-0.2, -0.15) is 0 Å². The Labute approximate surface area is 147 Å². The third kappa shape index (κ3) is 3.96. The summed E-state index contributed by atoms with van der Waals surface area (Å²) >= 11 is 0. The van der Waals surface area contributed by atoms with Crippen LogP contribution >= 0.6 is 0 Å². The van der Waals surface area contributed by atoms with Crippen molar-refractivity contribution < 1.29 is 18.4 Å². The molecule has 0 aromatic carbocycles. The number of furan rings is 2. The number of carbonyl (C=O) groups excluding carboxylic acids is 1. The highest BCUT2D eigenvalue weighted by Crippen LogP contribution is 2.32. The van der Waals surface area contributed by atoms with Gasteiger partial charge in [-0.05, 0) is 37.0 Å². The minimum absolute atomic E-state index is 0.0572. The lowest BCUT2D eigenvalue weighted by Gasteiger charge is -2.43. The van der Waals surface area contributed by atoms with Gasteiger partial charge in [0, 0.05) is 25.2 Å². The molecule has 0 spiro atoms. The molecular weight excluding hydrogens is 320 g/mol. The molecule has 1 N–H and O–H groups in total. The van der Waals surface area contributed by atoms with Crippen molar-refractivity contribution in [3.8, 4) is 0 Å². The molecule has 4 rings (SSSR count). The van der Waals surface area contributed by atoms with Gasteiger partial charge in [0.05, 0.1) is 44.0 Å². The van der Waals surface area contributed by atoms with Gasteiger partial charge in [0.2, 0.25) is 5.91 Å². The maximum atomic E-state index is 12.4. The largest absolute Gasteiger partial charge is 0.472 e. The van der Waals surface area contributed by atoms with Crippen LogP contribution in [0.4, 0.5) is 0 Å². The standard InChI is InChI=1S/C19H24N2O4/c22-19(20-9-17-2-1-6-24-17)16-8-15-11-21(5-3-18(15)25-13-16)10-14-4-7-23-12-14/h1-2,4,6-7,12,15-16,18H,3,5,8-11,13H2,(H,20,22)/t15-,16-,18+/m0/s1. The summed E-state index contributed by atoms with van der Waals surface area (Å²) in [5.41, 5.74) is 1.20. The average Bonchev–Trinajstić information content (AvgIpc) is 3.33. The Kier molecular flexibility index (Phi) is 4.90. The van der Waals surface area contributed by atoms with Crippen LogP contribution in [0.25, 0.3) is 0 Å². The lowest BCUT2D eigenvalue weighted by atomic mass is 9.83. The van der Waals surface area contributed by atoms with Gasteiger partial charge < -0.3 is 18.9 Å². The molecule has 2 aliphatic heterocycles. The minimum Gasteiger partial charge on any atom is -0.472 e. The second-order valence-corrected chi connectivity index (χ2v) is 7.02. The fourth-order valence-electron chi connectivity index (χ4n) is 3.90. The second kappa shape index (κ2) is 7.45. The number of carbonyl (C=O) groups is 1. The summed E-state index contributed by atoms with van der Waals surface area (Å²) in [6, 6.07) is 5.70. The smallest absolute Gasteiger partial charge is 0.225 e. The first-order valence-corrected chi connectivity index (χ1v) is 8.93. The molecular formula is C19H24N2O4. The summed E-state index contributed by atoms with van der Waals surface area (Å²) < 4.78 is 16.4. The Morgan fingerprint density at radius 2 is 2.28 bits per heavy atom. The third-order valence-electron chi connectivity index (χ3n) is 5.22. The number of hydrogen-bond acceptors (Lipinski definition) is 5. The Balaban J connectivity index is 1.29. The monoisotopic (exact) mass is 344 g/mol. The molecule has 6 nitrogen and oxygen atoms in total. The molecule has 0 unspecified atom stereocenters. The highest BCUT2D eigenvalue weighted by molar-refractivity contribution is 5.78. The van der Waals surface area contributed by atoms with Crippen LogP contribution in [0.15, 0.2) is 45.8 Å². The molecule has 2 aromatic heterocycles. The van der Waals surface area contributed by atoms with Crippen molar-refractivity contribution in [1.82, 2.24) is 10.2 Å². The number of rotatable bonds is 5. The van der Waals surface area contributed by atoms with Gasteiger partial charge in [0.25, 0.3) is 0 Å². The van der Waals surface area contributed by atoms with Gasteiger partial charge in [-0.25, -0.2) is 0 Å².